The number of ether oxygens (including phenoxy) is 2. The lowest BCUT2D eigenvalue weighted by molar-refractivity contribution is 0.0723. The predicted molar refractivity (Wildman–Crippen MR) is 80.2 cm³/mol. The maximum Gasteiger partial charge on any atom is 0.179 e. The third-order valence-corrected chi connectivity index (χ3v) is 3.05. The number of nitrogens with zero attached hydrogens (tertiary/aromatic N) is 1. The van der Waals surface area contributed by atoms with Crippen LogP contribution in [0.15, 0.2) is 24.3 Å². The Hall–Kier alpha value is -1.30. The molecular weight excluding hydrogens is 273 g/mol. The molecule has 0 N–H and O–H groups in total. The first-order valence-electron chi connectivity index (χ1n) is 7.34. The van der Waals surface area contributed by atoms with Crippen molar-refractivity contribution in [3.63, 3.8) is 0 Å². The number of Topliss-reactive ketones (excluding diaryl/α,β-unsaturated/α-hetero) is 1. The van der Waals surface area contributed by atoms with Crippen molar-refractivity contribution in [1.82, 2.24) is 4.90 Å². The third kappa shape index (κ3) is 6.80. The number of carbonyl (C=O) groups excluding carboxylic acids is 1. The highest BCUT2D eigenvalue weighted by atomic mass is 19.1. The molecule has 0 atom stereocenters. The fourth-order valence-corrected chi connectivity index (χ4v) is 1.92. The van der Waals surface area contributed by atoms with Crippen LogP contribution in [0.5, 0.6) is 0 Å². The predicted octanol–water partition coefficient (Wildman–Crippen LogP) is 2.38. The van der Waals surface area contributed by atoms with Crippen LogP contribution >= 0.6 is 0 Å². The van der Waals surface area contributed by atoms with Crippen molar-refractivity contribution in [2.24, 2.45) is 0 Å². The summed E-state index contributed by atoms with van der Waals surface area (Å²) < 4.78 is 24.2. The molecule has 0 saturated heterocycles. The zero-order valence-corrected chi connectivity index (χ0v) is 12.8. The molecule has 0 fully saturated rings. The second-order valence-electron chi connectivity index (χ2n) is 4.57. The van der Waals surface area contributed by atoms with Gasteiger partial charge >= 0.3 is 0 Å². The third-order valence-electron chi connectivity index (χ3n) is 3.05. The van der Waals surface area contributed by atoms with Crippen LogP contribution in [0.4, 0.5) is 4.39 Å². The Balaban J connectivity index is 2.57. The molecule has 0 bridgehead atoms. The standard InChI is InChI=1S/C16H24FNO3/c1-3-20-11-9-18(10-12-21-4-2)13-16(19)14-7-5-6-8-15(14)17/h5-8H,3-4,9-13H2,1-2H3. The van der Waals surface area contributed by atoms with Gasteiger partial charge in [0, 0.05) is 26.3 Å². The number of halogens is 1. The maximum absolute atomic E-state index is 13.6. The number of ketones is 1. The van der Waals surface area contributed by atoms with E-state index in [1.54, 1.807) is 12.1 Å². The van der Waals surface area contributed by atoms with Crippen LogP contribution in [0.3, 0.4) is 0 Å². The summed E-state index contributed by atoms with van der Waals surface area (Å²) in [5, 5.41) is 0. The Morgan fingerprint density at radius 2 is 1.67 bits per heavy atom. The number of benzene rings is 1. The zero-order chi connectivity index (χ0) is 15.5. The van der Waals surface area contributed by atoms with E-state index in [4.69, 9.17) is 9.47 Å². The lowest BCUT2D eigenvalue weighted by atomic mass is 10.1. The first-order chi connectivity index (χ1) is 10.2. The smallest absolute Gasteiger partial charge is 0.179 e. The van der Waals surface area contributed by atoms with Gasteiger partial charge in [0.05, 0.1) is 25.3 Å². The Morgan fingerprint density at radius 3 is 2.19 bits per heavy atom. The van der Waals surface area contributed by atoms with Crippen molar-refractivity contribution in [2.75, 3.05) is 46.1 Å². The molecule has 0 radical (unpaired) electrons. The summed E-state index contributed by atoms with van der Waals surface area (Å²) >= 11 is 0. The second-order valence-corrected chi connectivity index (χ2v) is 4.57. The fourth-order valence-electron chi connectivity index (χ4n) is 1.92. The number of carbonyl (C=O) groups is 1. The van der Waals surface area contributed by atoms with Gasteiger partial charge in [-0.15, -0.1) is 0 Å². The molecule has 21 heavy (non-hydrogen) atoms. The number of hydrogen-bond donors (Lipinski definition) is 0. The van der Waals surface area contributed by atoms with Gasteiger partial charge < -0.3 is 9.47 Å². The van der Waals surface area contributed by atoms with Gasteiger partial charge in [-0.1, -0.05) is 12.1 Å². The van der Waals surface area contributed by atoms with Crippen LogP contribution in [0.2, 0.25) is 0 Å². The van der Waals surface area contributed by atoms with Gasteiger partial charge in [0.25, 0.3) is 0 Å². The fraction of sp³-hybridized carbons (Fsp3) is 0.562. The van der Waals surface area contributed by atoms with Crippen LogP contribution in [-0.2, 0) is 9.47 Å². The van der Waals surface area contributed by atoms with Crippen molar-refractivity contribution in [3.8, 4) is 0 Å². The summed E-state index contributed by atoms with van der Waals surface area (Å²) in [4.78, 5) is 14.1. The van der Waals surface area contributed by atoms with Crippen LogP contribution in [-0.4, -0.2) is 56.7 Å². The summed E-state index contributed by atoms with van der Waals surface area (Å²) in [5.74, 6) is -0.696. The van der Waals surface area contributed by atoms with E-state index in [2.05, 4.69) is 0 Å². The molecule has 0 aliphatic rings. The van der Waals surface area contributed by atoms with Crippen molar-refractivity contribution in [3.05, 3.63) is 35.6 Å². The summed E-state index contributed by atoms with van der Waals surface area (Å²) in [6, 6.07) is 6.06. The van der Waals surface area contributed by atoms with Crippen LogP contribution in [0.25, 0.3) is 0 Å². The van der Waals surface area contributed by atoms with E-state index >= 15 is 0 Å². The minimum absolute atomic E-state index is 0.135. The van der Waals surface area contributed by atoms with Crippen LogP contribution < -0.4 is 0 Å². The van der Waals surface area contributed by atoms with Gasteiger partial charge in [-0.05, 0) is 26.0 Å². The molecule has 5 heteroatoms. The Labute approximate surface area is 125 Å². The Morgan fingerprint density at radius 1 is 1.10 bits per heavy atom. The average molecular weight is 297 g/mol. The van der Waals surface area contributed by atoms with Crippen LogP contribution in [0.1, 0.15) is 24.2 Å². The maximum atomic E-state index is 13.6. The van der Waals surface area contributed by atoms with Crippen molar-refractivity contribution < 1.29 is 18.7 Å². The number of rotatable bonds is 11. The summed E-state index contributed by atoms with van der Waals surface area (Å²) in [6.45, 7) is 7.65. The van der Waals surface area contributed by atoms with Crippen molar-refractivity contribution in [1.29, 1.82) is 0 Å². The number of hydrogen-bond acceptors (Lipinski definition) is 4. The molecule has 1 aromatic rings. The molecular formula is C16H24FNO3. The monoisotopic (exact) mass is 297 g/mol. The molecule has 0 aliphatic heterocycles. The highest BCUT2D eigenvalue weighted by Crippen LogP contribution is 2.08. The molecule has 0 saturated carbocycles. The van der Waals surface area contributed by atoms with Gasteiger partial charge in [0.2, 0.25) is 0 Å². The average Bonchev–Trinajstić information content (AvgIpc) is 2.48. The van der Waals surface area contributed by atoms with Gasteiger partial charge in [-0.2, -0.15) is 0 Å². The van der Waals surface area contributed by atoms with Crippen molar-refractivity contribution in [2.45, 2.75) is 13.8 Å². The van der Waals surface area contributed by atoms with Gasteiger partial charge in [0.15, 0.2) is 5.78 Å². The first-order valence-corrected chi connectivity index (χ1v) is 7.34. The molecule has 0 aliphatic carbocycles. The normalized spacial score (nSPS) is 11.0. The zero-order valence-electron chi connectivity index (χ0n) is 12.8. The van der Waals surface area contributed by atoms with E-state index in [1.165, 1.54) is 12.1 Å². The Bertz CT molecular complexity index is 416. The second kappa shape index (κ2) is 10.4. The molecule has 118 valence electrons. The van der Waals surface area contributed by atoms with Crippen molar-refractivity contribution >= 4 is 5.78 Å². The Kier molecular flexibility index (Phi) is 8.82. The van der Waals surface area contributed by atoms with Gasteiger partial charge in [-0.25, -0.2) is 4.39 Å². The minimum Gasteiger partial charge on any atom is -0.380 e. The van der Waals surface area contributed by atoms with E-state index in [-0.39, 0.29) is 17.9 Å². The van der Waals surface area contributed by atoms with E-state index in [1.807, 2.05) is 18.7 Å². The summed E-state index contributed by atoms with van der Waals surface area (Å²) in [5.41, 5.74) is 0.135. The quantitative estimate of drug-likeness (QED) is 0.464. The largest absolute Gasteiger partial charge is 0.380 e. The van der Waals surface area contributed by atoms with Gasteiger partial charge in [-0.3, -0.25) is 9.69 Å². The van der Waals surface area contributed by atoms with Gasteiger partial charge in [0.1, 0.15) is 5.82 Å². The molecule has 0 spiro atoms. The summed E-state index contributed by atoms with van der Waals surface area (Å²) in [7, 11) is 0. The van der Waals surface area contributed by atoms with E-state index < -0.39 is 5.82 Å². The van der Waals surface area contributed by atoms with Crippen LogP contribution in [0, 0.1) is 5.82 Å². The minimum atomic E-state index is -0.475. The first kappa shape index (κ1) is 17.8. The topological polar surface area (TPSA) is 38.8 Å². The summed E-state index contributed by atoms with van der Waals surface area (Å²) in [6.07, 6.45) is 0. The molecule has 0 amide bonds. The van der Waals surface area contributed by atoms with E-state index in [0.717, 1.165) is 0 Å². The molecule has 1 rings (SSSR count). The lowest BCUT2D eigenvalue weighted by Gasteiger charge is -2.21. The lowest BCUT2D eigenvalue weighted by Crippen LogP contribution is -2.36. The molecule has 1 aromatic carbocycles. The van der Waals surface area contributed by atoms with E-state index in [9.17, 15) is 9.18 Å². The molecule has 4 nitrogen and oxygen atoms in total. The SMILES string of the molecule is CCOCCN(CCOCC)CC(=O)c1ccccc1F. The molecule has 0 unspecified atom stereocenters. The van der Waals surface area contributed by atoms with E-state index in [0.29, 0.717) is 39.5 Å². The molecule has 0 heterocycles. The molecule has 0 aromatic heterocycles. The highest BCUT2D eigenvalue weighted by Gasteiger charge is 2.15. The highest BCUT2D eigenvalue weighted by molar-refractivity contribution is 5.97.